The molecule has 0 saturated heterocycles. The molecule has 0 spiro atoms. The van der Waals surface area contributed by atoms with Crippen LogP contribution in [0.3, 0.4) is 0 Å². The average Bonchev–Trinajstić information content (AvgIpc) is 3.44. The van der Waals surface area contributed by atoms with Crippen molar-refractivity contribution >= 4 is 28.2 Å². The van der Waals surface area contributed by atoms with Gasteiger partial charge in [-0.1, -0.05) is 36.3 Å². The Morgan fingerprint density at radius 3 is 2.58 bits per heavy atom. The molecule has 1 saturated carbocycles. The predicted octanol–water partition coefficient (Wildman–Crippen LogP) is 3.81. The first kappa shape index (κ1) is 14.9. The number of aromatic nitrogens is 4. The molecule has 5 rings (SSSR count). The standard InChI is InChI=1S/C21H17N5/c1-25(16-7-3-2-4-8-16)20-17-9-5-6-10-18(17)26-19(14-13-15-11-12-15)23-24-21(26)22-20/h2-10,15H,11-12H2,1H3. The zero-order valence-electron chi connectivity index (χ0n) is 14.4. The van der Waals surface area contributed by atoms with Crippen LogP contribution in [-0.4, -0.2) is 26.6 Å². The Bertz CT molecular complexity index is 1160. The van der Waals surface area contributed by atoms with E-state index in [1.54, 1.807) is 0 Å². The summed E-state index contributed by atoms with van der Waals surface area (Å²) < 4.78 is 1.95. The Morgan fingerprint density at radius 1 is 1.00 bits per heavy atom. The molecule has 1 aliphatic rings. The number of anilines is 2. The molecule has 1 aliphatic carbocycles. The van der Waals surface area contributed by atoms with Crippen molar-refractivity contribution in [2.45, 2.75) is 12.8 Å². The van der Waals surface area contributed by atoms with Gasteiger partial charge in [0.2, 0.25) is 5.82 Å². The van der Waals surface area contributed by atoms with Crippen LogP contribution in [0.4, 0.5) is 11.5 Å². The third-order valence-electron chi connectivity index (χ3n) is 4.66. The highest BCUT2D eigenvalue weighted by Crippen LogP contribution is 2.30. The van der Waals surface area contributed by atoms with Crippen LogP contribution in [0.15, 0.2) is 54.6 Å². The first-order valence-corrected chi connectivity index (χ1v) is 8.75. The van der Waals surface area contributed by atoms with E-state index in [-0.39, 0.29) is 0 Å². The van der Waals surface area contributed by atoms with Crippen LogP contribution < -0.4 is 4.90 Å². The molecule has 0 unspecified atom stereocenters. The van der Waals surface area contributed by atoms with Gasteiger partial charge in [0.1, 0.15) is 5.82 Å². The Labute approximate surface area is 151 Å². The lowest BCUT2D eigenvalue weighted by atomic mass is 10.2. The summed E-state index contributed by atoms with van der Waals surface area (Å²) >= 11 is 0. The van der Waals surface area contributed by atoms with Crippen LogP contribution in [0.5, 0.6) is 0 Å². The maximum atomic E-state index is 4.79. The topological polar surface area (TPSA) is 46.3 Å². The van der Waals surface area contributed by atoms with E-state index in [1.807, 2.05) is 41.8 Å². The summed E-state index contributed by atoms with van der Waals surface area (Å²) in [5, 5.41) is 9.60. The molecule has 0 aliphatic heterocycles. The smallest absolute Gasteiger partial charge is 0.258 e. The summed E-state index contributed by atoms with van der Waals surface area (Å²) in [4.78, 5) is 6.87. The molecule has 0 bridgehead atoms. The molecule has 26 heavy (non-hydrogen) atoms. The van der Waals surface area contributed by atoms with Crippen molar-refractivity contribution < 1.29 is 0 Å². The lowest BCUT2D eigenvalue weighted by Crippen LogP contribution is -2.13. The zero-order chi connectivity index (χ0) is 17.5. The van der Waals surface area contributed by atoms with Crippen molar-refractivity contribution in [3.8, 4) is 11.8 Å². The van der Waals surface area contributed by atoms with Gasteiger partial charge in [0.15, 0.2) is 0 Å². The van der Waals surface area contributed by atoms with E-state index in [2.05, 4.69) is 51.2 Å². The molecule has 126 valence electrons. The van der Waals surface area contributed by atoms with Gasteiger partial charge < -0.3 is 4.90 Å². The second-order valence-electron chi connectivity index (χ2n) is 6.55. The highest BCUT2D eigenvalue weighted by atomic mass is 15.3. The van der Waals surface area contributed by atoms with Crippen molar-refractivity contribution in [1.29, 1.82) is 0 Å². The Balaban J connectivity index is 1.74. The summed E-state index contributed by atoms with van der Waals surface area (Å²) in [6, 6.07) is 18.4. The van der Waals surface area contributed by atoms with Crippen LogP contribution in [0, 0.1) is 17.8 Å². The Morgan fingerprint density at radius 2 is 1.77 bits per heavy atom. The van der Waals surface area contributed by atoms with Gasteiger partial charge in [-0.15, -0.1) is 10.2 Å². The van der Waals surface area contributed by atoms with E-state index < -0.39 is 0 Å². The van der Waals surface area contributed by atoms with Crippen LogP contribution in [0.1, 0.15) is 18.7 Å². The van der Waals surface area contributed by atoms with Crippen molar-refractivity contribution in [2.75, 3.05) is 11.9 Å². The van der Waals surface area contributed by atoms with Crippen LogP contribution in [-0.2, 0) is 0 Å². The molecule has 0 amide bonds. The second kappa shape index (κ2) is 5.85. The van der Waals surface area contributed by atoms with Crippen molar-refractivity contribution in [3.05, 3.63) is 60.4 Å². The van der Waals surface area contributed by atoms with Gasteiger partial charge in [0, 0.05) is 24.0 Å². The molecule has 1 fully saturated rings. The number of hydrogen-bond donors (Lipinski definition) is 0. The molecule has 2 aromatic heterocycles. The van der Waals surface area contributed by atoms with Crippen LogP contribution in [0.25, 0.3) is 16.7 Å². The van der Waals surface area contributed by atoms with Crippen molar-refractivity contribution in [3.63, 3.8) is 0 Å². The van der Waals surface area contributed by atoms with Gasteiger partial charge in [0.25, 0.3) is 5.78 Å². The predicted molar refractivity (Wildman–Crippen MR) is 102 cm³/mol. The largest absolute Gasteiger partial charge is 0.329 e. The molecule has 0 atom stereocenters. The lowest BCUT2D eigenvalue weighted by molar-refractivity contribution is 1.07. The van der Waals surface area contributed by atoms with Crippen molar-refractivity contribution in [1.82, 2.24) is 19.6 Å². The number of hydrogen-bond acceptors (Lipinski definition) is 4. The van der Waals surface area contributed by atoms with Gasteiger partial charge >= 0.3 is 0 Å². The van der Waals surface area contributed by atoms with E-state index in [1.165, 1.54) is 12.8 Å². The SMILES string of the molecule is CN(c1ccccc1)c1nc2nnc(C#CC3CC3)n2c2ccccc12. The highest BCUT2D eigenvalue weighted by molar-refractivity contribution is 5.93. The van der Waals surface area contributed by atoms with Gasteiger partial charge in [-0.25, -0.2) is 0 Å². The average molecular weight is 339 g/mol. The van der Waals surface area contributed by atoms with Crippen molar-refractivity contribution in [2.24, 2.45) is 5.92 Å². The van der Waals surface area contributed by atoms with E-state index in [0.29, 0.717) is 17.5 Å². The quantitative estimate of drug-likeness (QED) is 0.521. The number of rotatable bonds is 2. The van der Waals surface area contributed by atoms with Gasteiger partial charge in [-0.05, 0) is 43.0 Å². The fraction of sp³-hybridized carbons (Fsp3) is 0.190. The zero-order valence-corrected chi connectivity index (χ0v) is 14.4. The monoisotopic (exact) mass is 339 g/mol. The number of benzene rings is 2. The fourth-order valence-corrected chi connectivity index (χ4v) is 3.09. The third kappa shape index (κ3) is 2.47. The number of nitrogens with zero attached hydrogens (tertiary/aromatic N) is 5. The van der Waals surface area contributed by atoms with E-state index in [4.69, 9.17) is 4.98 Å². The van der Waals surface area contributed by atoms with Crippen LogP contribution >= 0.6 is 0 Å². The summed E-state index contributed by atoms with van der Waals surface area (Å²) in [7, 11) is 2.02. The first-order valence-electron chi connectivity index (χ1n) is 8.75. The molecule has 0 radical (unpaired) electrons. The molecule has 2 aromatic carbocycles. The molecule has 2 heterocycles. The maximum Gasteiger partial charge on any atom is 0.258 e. The third-order valence-corrected chi connectivity index (χ3v) is 4.66. The normalized spacial score (nSPS) is 13.6. The summed E-state index contributed by atoms with van der Waals surface area (Å²) in [5.74, 6) is 9.06. The van der Waals surface area contributed by atoms with Gasteiger partial charge in [-0.3, -0.25) is 4.40 Å². The summed E-state index contributed by atoms with van der Waals surface area (Å²) in [6.07, 6.45) is 2.38. The fourth-order valence-electron chi connectivity index (χ4n) is 3.09. The minimum absolute atomic E-state index is 0.519. The summed E-state index contributed by atoms with van der Waals surface area (Å²) in [5.41, 5.74) is 2.09. The molecular weight excluding hydrogens is 322 g/mol. The van der Waals surface area contributed by atoms with Crippen LogP contribution in [0.2, 0.25) is 0 Å². The Hall–Kier alpha value is -3.39. The minimum atomic E-state index is 0.519. The van der Waals surface area contributed by atoms with Gasteiger partial charge in [-0.2, -0.15) is 4.98 Å². The van der Waals surface area contributed by atoms with E-state index in [0.717, 1.165) is 22.4 Å². The maximum absolute atomic E-state index is 4.79. The molecule has 4 aromatic rings. The first-order chi connectivity index (χ1) is 12.8. The van der Waals surface area contributed by atoms with Gasteiger partial charge in [0.05, 0.1) is 5.52 Å². The molecule has 5 heteroatoms. The lowest BCUT2D eigenvalue weighted by Gasteiger charge is -2.20. The minimum Gasteiger partial charge on any atom is -0.329 e. The second-order valence-corrected chi connectivity index (χ2v) is 6.55. The number of para-hydroxylation sites is 2. The molecular formula is C21H17N5. The highest BCUT2D eigenvalue weighted by Gasteiger charge is 2.19. The number of fused-ring (bicyclic) bond motifs is 3. The molecule has 5 nitrogen and oxygen atoms in total. The summed E-state index contributed by atoms with van der Waals surface area (Å²) in [6.45, 7) is 0. The van der Waals surface area contributed by atoms with E-state index >= 15 is 0 Å². The van der Waals surface area contributed by atoms with E-state index in [9.17, 15) is 0 Å². The molecule has 0 N–H and O–H groups in total. The Kier molecular flexibility index (Phi) is 3.36.